The van der Waals surface area contributed by atoms with Gasteiger partial charge in [0.2, 0.25) is 0 Å². The number of hydrogen-bond donors (Lipinski definition) is 1. The van der Waals surface area contributed by atoms with E-state index in [1.54, 1.807) is 0 Å². The Hall–Kier alpha value is -0.870. The van der Waals surface area contributed by atoms with Gasteiger partial charge >= 0.3 is 0 Å². The molecule has 0 aromatic carbocycles. The lowest BCUT2D eigenvalue weighted by molar-refractivity contribution is 0.103. The highest BCUT2D eigenvalue weighted by Gasteiger charge is 2.30. The highest BCUT2D eigenvalue weighted by molar-refractivity contribution is 5.24. The highest BCUT2D eigenvalue weighted by Crippen LogP contribution is 2.31. The molecule has 0 amide bonds. The molecule has 17 heavy (non-hydrogen) atoms. The lowest BCUT2D eigenvalue weighted by atomic mass is 9.95. The third-order valence-corrected chi connectivity index (χ3v) is 3.97. The van der Waals surface area contributed by atoms with Crippen LogP contribution in [0.1, 0.15) is 49.7 Å². The van der Waals surface area contributed by atoms with Crippen LogP contribution in [-0.4, -0.2) is 28.7 Å². The minimum Gasteiger partial charge on any atom is -0.361 e. The molecular weight excluding hydrogens is 214 g/mol. The van der Waals surface area contributed by atoms with E-state index in [0.29, 0.717) is 18.1 Å². The zero-order valence-corrected chi connectivity index (χ0v) is 11.2. The molecule has 1 aromatic rings. The smallest absolute Gasteiger partial charge is 0.138 e. The van der Waals surface area contributed by atoms with Gasteiger partial charge in [-0.2, -0.15) is 0 Å². The van der Waals surface area contributed by atoms with Crippen molar-refractivity contribution in [2.45, 2.75) is 58.7 Å². The minimum atomic E-state index is 0.359. The Morgan fingerprint density at radius 1 is 1.47 bits per heavy atom. The van der Waals surface area contributed by atoms with Crippen molar-refractivity contribution in [2.24, 2.45) is 5.73 Å². The van der Waals surface area contributed by atoms with Crippen molar-refractivity contribution >= 4 is 0 Å². The number of aryl methyl sites for hydroxylation is 2. The monoisotopic (exact) mass is 237 g/mol. The van der Waals surface area contributed by atoms with E-state index in [1.807, 2.05) is 13.8 Å². The Morgan fingerprint density at radius 2 is 2.18 bits per heavy atom. The van der Waals surface area contributed by atoms with Crippen LogP contribution in [0.2, 0.25) is 0 Å². The fourth-order valence-electron chi connectivity index (χ4n) is 3.05. The van der Waals surface area contributed by atoms with Gasteiger partial charge < -0.3 is 10.3 Å². The van der Waals surface area contributed by atoms with Gasteiger partial charge in [0.15, 0.2) is 0 Å². The fourth-order valence-corrected chi connectivity index (χ4v) is 3.05. The number of aromatic nitrogens is 1. The van der Waals surface area contributed by atoms with Gasteiger partial charge in [0.25, 0.3) is 0 Å². The van der Waals surface area contributed by atoms with Crippen LogP contribution in [0.25, 0.3) is 0 Å². The van der Waals surface area contributed by atoms with Crippen molar-refractivity contribution in [1.82, 2.24) is 10.1 Å². The summed E-state index contributed by atoms with van der Waals surface area (Å²) < 4.78 is 5.26. The summed E-state index contributed by atoms with van der Waals surface area (Å²) in [7, 11) is 0. The summed E-state index contributed by atoms with van der Waals surface area (Å²) in [6, 6.07) is 1.25. The van der Waals surface area contributed by atoms with Gasteiger partial charge in [-0.3, -0.25) is 4.90 Å². The number of likely N-dealkylation sites (tertiary alicyclic amines) is 1. The molecule has 3 atom stereocenters. The van der Waals surface area contributed by atoms with E-state index >= 15 is 0 Å². The molecule has 1 aliphatic heterocycles. The Labute approximate surface area is 103 Å². The summed E-state index contributed by atoms with van der Waals surface area (Å²) >= 11 is 0. The maximum Gasteiger partial charge on any atom is 0.138 e. The van der Waals surface area contributed by atoms with E-state index in [4.69, 9.17) is 10.3 Å². The molecule has 0 saturated carbocycles. The van der Waals surface area contributed by atoms with Crippen molar-refractivity contribution in [2.75, 3.05) is 6.54 Å². The summed E-state index contributed by atoms with van der Waals surface area (Å²) in [5.41, 5.74) is 8.26. The molecule has 1 fully saturated rings. The zero-order valence-electron chi connectivity index (χ0n) is 11.2. The predicted octanol–water partition coefficient (Wildman–Crippen LogP) is 2.16. The summed E-state index contributed by atoms with van der Waals surface area (Å²) in [6.07, 6.45) is 2.16. The Balaban J connectivity index is 2.17. The topological polar surface area (TPSA) is 55.3 Å². The van der Waals surface area contributed by atoms with Crippen LogP contribution in [-0.2, 0) is 0 Å². The molecule has 96 valence electrons. The van der Waals surface area contributed by atoms with E-state index in [1.165, 1.54) is 5.56 Å². The maximum absolute atomic E-state index is 6.01. The molecule has 4 nitrogen and oxygen atoms in total. The Morgan fingerprint density at radius 3 is 2.71 bits per heavy atom. The molecule has 4 heteroatoms. The first kappa shape index (κ1) is 12.6. The van der Waals surface area contributed by atoms with Crippen molar-refractivity contribution in [3.63, 3.8) is 0 Å². The van der Waals surface area contributed by atoms with Crippen molar-refractivity contribution in [1.29, 1.82) is 0 Å². The van der Waals surface area contributed by atoms with E-state index in [-0.39, 0.29) is 0 Å². The second kappa shape index (κ2) is 4.78. The van der Waals surface area contributed by atoms with Crippen molar-refractivity contribution in [3.05, 3.63) is 17.0 Å². The molecule has 3 unspecified atom stereocenters. The number of nitrogens with zero attached hydrogens (tertiary/aromatic N) is 2. The molecule has 2 N–H and O–H groups in total. The molecule has 1 saturated heterocycles. The summed E-state index contributed by atoms with van der Waals surface area (Å²) in [5.74, 6) is 0.942. The molecule has 2 rings (SSSR count). The average molecular weight is 237 g/mol. The second-order valence-corrected chi connectivity index (χ2v) is 5.29. The van der Waals surface area contributed by atoms with E-state index < -0.39 is 0 Å². The van der Waals surface area contributed by atoms with Crippen LogP contribution < -0.4 is 5.73 Å². The molecular formula is C13H23N3O. The van der Waals surface area contributed by atoms with Crippen LogP contribution in [0, 0.1) is 13.8 Å². The molecule has 0 bridgehead atoms. The fraction of sp³-hybridized carbons (Fsp3) is 0.769. The lowest BCUT2D eigenvalue weighted by Crippen LogP contribution is -2.46. The van der Waals surface area contributed by atoms with Crippen LogP contribution in [0.4, 0.5) is 0 Å². The standard InChI is InChI=1S/C13H23N3O/c1-8-7-12(14)5-6-16(8)10(3)13-9(2)15-17-11(13)4/h8,10,12H,5-7,14H2,1-4H3. The quantitative estimate of drug-likeness (QED) is 0.856. The number of rotatable bonds is 2. The highest BCUT2D eigenvalue weighted by atomic mass is 16.5. The van der Waals surface area contributed by atoms with Crippen LogP contribution in [0.3, 0.4) is 0 Å². The average Bonchev–Trinajstić information content (AvgIpc) is 2.58. The number of hydrogen-bond acceptors (Lipinski definition) is 4. The second-order valence-electron chi connectivity index (χ2n) is 5.29. The largest absolute Gasteiger partial charge is 0.361 e. The van der Waals surface area contributed by atoms with Crippen LogP contribution in [0.5, 0.6) is 0 Å². The number of piperidine rings is 1. The first-order valence-corrected chi connectivity index (χ1v) is 6.44. The van der Waals surface area contributed by atoms with Gasteiger partial charge in [0.05, 0.1) is 5.69 Å². The van der Waals surface area contributed by atoms with Gasteiger partial charge in [-0.1, -0.05) is 5.16 Å². The van der Waals surface area contributed by atoms with E-state index in [0.717, 1.165) is 30.8 Å². The van der Waals surface area contributed by atoms with Gasteiger partial charge in [-0.15, -0.1) is 0 Å². The minimum absolute atomic E-state index is 0.359. The molecule has 0 spiro atoms. The third-order valence-electron chi connectivity index (χ3n) is 3.97. The number of nitrogens with two attached hydrogens (primary N) is 1. The zero-order chi connectivity index (χ0) is 12.6. The van der Waals surface area contributed by atoms with Gasteiger partial charge in [-0.25, -0.2) is 0 Å². The van der Waals surface area contributed by atoms with Crippen LogP contribution >= 0.6 is 0 Å². The first-order chi connectivity index (χ1) is 8.00. The van der Waals surface area contributed by atoms with Gasteiger partial charge in [0, 0.05) is 30.2 Å². The van der Waals surface area contributed by atoms with Crippen molar-refractivity contribution in [3.8, 4) is 0 Å². The molecule has 2 heterocycles. The van der Waals surface area contributed by atoms with Crippen LogP contribution in [0.15, 0.2) is 4.52 Å². The maximum atomic E-state index is 6.01. The SMILES string of the molecule is Cc1noc(C)c1C(C)N1CCC(N)CC1C. The molecule has 0 radical (unpaired) electrons. The summed E-state index contributed by atoms with van der Waals surface area (Å²) in [5, 5.41) is 4.05. The van der Waals surface area contributed by atoms with E-state index in [9.17, 15) is 0 Å². The molecule has 1 aromatic heterocycles. The van der Waals surface area contributed by atoms with Gasteiger partial charge in [-0.05, 0) is 40.5 Å². The normalized spacial score (nSPS) is 28.3. The molecule has 0 aliphatic carbocycles. The Bertz CT molecular complexity index is 369. The van der Waals surface area contributed by atoms with Gasteiger partial charge in [0.1, 0.15) is 5.76 Å². The molecule has 1 aliphatic rings. The third kappa shape index (κ3) is 2.38. The Kier molecular flexibility index (Phi) is 3.54. The summed E-state index contributed by atoms with van der Waals surface area (Å²) in [6.45, 7) is 9.57. The van der Waals surface area contributed by atoms with Crippen molar-refractivity contribution < 1.29 is 4.52 Å². The lowest BCUT2D eigenvalue weighted by Gasteiger charge is -2.40. The predicted molar refractivity (Wildman–Crippen MR) is 67.8 cm³/mol. The first-order valence-electron chi connectivity index (χ1n) is 6.44. The summed E-state index contributed by atoms with van der Waals surface area (Å²) in [4.78, 5) is 2.51. The van der Waals surface area contributed by atoms with E-state index in [2.05, 4.69) is 23.9 Å².